The lowest BCUT2D eigenvalue weighted by molar-refractivity contribution is -0.137. The Bertz CT molecular complexity index is 425. The van der Waals surface area contributed by atoms with Crippen LogP contribution in [0.1, 0.15) is 45.7 Å². The zero-order valence-corrected chi connectivity index (χ0v) is 12.9. The van der Waals surface area contributed by atoms with E-state index in [9.17, 15) is 13.2 Å². The van der Waals surface area contributed by atoms with Crippen LogP contribution in [0.2, 0.25) is 0 Å². The van der Waals surface area contributed by atoms with Crippen molar-refractivity contribution in [2.75, 3.05) is 6.54 Å². The Morgan fingerprint density at radius 2 is 1.40 bits per heavy atom. The first-order valence-corrected chi connectivity index (χ1v) is 6.80. The van der Waals surface area contributed by atoms with Gasteiger partial charge in [-0.05, 0) is 50.3 Å². The molecular formula is C16H24F3N. The molecule has 114 valence electrons. The molecule has 0 aliphatic heterocycles. The summed E-state index contributed by atoms with van der Waals surface area (Å²) in [5, 5.41) is 3.44. The van der Waals surface area contributed by atoms with Gasteiger partial charge in [0.05, 0.1) is 5.56 Å². The summed E-state index contributed by atoms with van der Waals surface area (Å²) in [4.78, 5) is 0. The van der Waals surface area contributed by atoms with Gasteiger partial charge >= 0.3 is 6.18 Å². The fourth-order valence-corrected chi connectivity index (χ4v) is 1.93. The summed E-state index contributed by atoms with van der Waals surface area (Å²) in [7, 11) is 0. The fourth-order valence-electron chi connectivity index (χ4n) is 1.93. The Kier molecular flexibility index (Phi) is 4.90. The minimum absolute atomic E-state index is 0.00692. The van der Waals surface area contributed by atoms with Gasteiger partial charge in [-0.2, -0.15) is 13.2 Å². The average Bonchev–Trinajstić information content (AvgIpc) is 2.25. The van der Waals surface area contributed by atoms with Gasteiger partial charge in [0.25, 0.3) is 0 Å². The van der Waals surface area contributed by atoms with Gasteiger partial charge in [-0.25, -0.2) is 0 Å². The monoisotopic (exact) mass is 287 g/mol. The number of hydrogen-bond acceptors (Lipinski definition) is 1. The summed E-state index contributed by atoms with van der Waals surface area (Å²) >= 11 is 0. The van der Waals surface area contributed by atoms with E-state index in [-0.39, 0.29) is 11.0 Å². The molecule has 1 nitrogen and oxygen atoms in total. The SMILES string of the molecule is CC(C)(CNC(C)(C)C)Cc1ccc(C(F)(F)F)cc1. The van der Waals surface area contributed by atoms with Crippen molar-refractivity contribution in [2.24, 2.45) is 5.41 Å². The third-order valence-corrected chi connectivity index (χ3v) is 3.06. The molecule has 0 fully saturated rings. The largest absolute Gasteiger partial charge is 0.416 e. The predicted molar refractivity (Wildman–Crippen MR) is 76.7 cm³/mol. The molecule has 0 bridgehead atoms. The molecule has 1 N–H and O–H groups in total. The second-order valence-corrected chi connectivity index (χ2v) is 7.14. The Hall–Kier alpha value is -1.03. The second-order valence-electron chi connectivity index (χ2n) is 7.14. The van der Waals surface area contributed by atoms with Crippen LogP contribution < -0.4 is 5.32 Å². The zero-order valence-electron chi connectivity index (χ0n) is 12.9. The quantitative estimate of drug-likeness (QED) is 0.849. The minimum Gasteiger partial charge on any atom is -0.312 e. The van der Waals surface area contributed by atoms with E-state index in [1.807, 2.05) is 0 Å². The zero-order chi connectivity index (χ0) is 15.6. The highest BCUT2D eigenvalue weighted by molar-refractivity contribution is 5.25. The molecule has 0 radical (unpaired) electrons. The molecule has 0 heterocycles. The predicted octanol–water partition coefficient (Wildman–Crippen LogP) is 4.66. The first-order chi connectivity index (χ1) is 8.89. The second kappa shape index (κ2) is 5.76. The van der Waals surface area contributed by atoms with Gasteiger partial charge in [0.15, 0.2) is 0 Å². The maximum Gasteiger partial charge on any atom is 0.416 e. The van der Waals surface area contributed by atoms with Gasteiger partial charge < -0.3 is 5.32 Å². The van der Waals surface area contributed by atoms with E-state index < -0.39 is 11.7 Å². The van der Waals surface area contributed by atoms with Crippen molar-refractivity contribution in [3.05, 3.63) is 35.4 Å². The highest BCUT2D eigenvalue weighted by Crippen LogP contribution is 2.30. The van der Waals surface area contributed by atoms with Gasteiger partial charge in [-0.3, -0.25) is 0 Å². The molecule has 1 aromatic carbocycles. The molecule has 1 aromatic rings. The fraction of sp³-hybridized carbons (Fsp3) is 0.625. The number of benzene rings is 1. The van der Waals surface area contributed by atoms with Crippen LogP contribution in [-0.2, 0) is 12.6 Å². The highest BCUT2D eigenvalue weighted by Gasteiger charge is 2.30. The smallest absolute Gasteiger partial charge is 0.312 e. The van der Waals surface area contributed by atoms with E-state index in [0.717, 1.165) is 30.7 Å². The van der Waals surface area contributed by atoms with Crippen LogP contribution in [-0.4, -0.2) is 12.1 Å². The van der Waals surface area contributed by atoms with Crippen molar-refractivity contribution in [3.63, 3.8) is 0 Å². The summed E-state index contributed by atoms with van der Waals surface area (Å²) in [6.45, 7) is 11.3. The Labute approximate surface area is 119 Å². The summed E-state index contributed by atoms with van der Waals surface area (Å²) in [5.41, 5.74) is 0.371. The van der Waals surface area contributed by atoms with Crippen LogP contribution in [0.3, 0.4) is 0 Å². The van der Waals surface area contributed by atoms with Gasteiger partial charge in [-0.15, -0.1) is 0 Å². The normalized spacial score (nSPS) is 13.6. The lowest BCUT2D eigenvalue weighted by Crippen LogP contribution is -2.42. The summed E-state index contributed by atoms with van der Waals surface area (Å²) in [5.74, 6) is 0. The first-order valence-electron chi connectivity index (χ1n) is 6.80. The van der Waals surface area contributed by atoms with Crippen molar-refractivity contribution < 1.29 is 13.2 Å². The molecule has 0 saturated carbocycles. The van der Waals surface area contributed by atoms with Crippen LogP contribution in [0.25, 0.3) is 0 Å². The molecular weight excluding hydrogens is 263 g/mol. The number of rotatable bonds is 4. The standard InChI is InChI=1S/C16H24F3N/c1-14(2,3)20-11-15(4,5)10-12-6-8-13(9-7-12)16(17,18)19/h6-9,20H,10-11H2,1-5H3. The van der Waals surface area contributed by atoms with Crippen molar-refractivity contribution in [3.8, 4) is 0 Å². The lowest BCUT2D eigenvalue weighted by atomic mass is 9.84. The average molecular weight is 287 g/mol. The van der Waals surface area contributed by atoms with E-state index in [1.54, 1.807) is 12.1 Å². The number of halogens is 3. The highest BCUT2D eigenvalue weighted by atomic mass is 19.4. The van der Waals surface area contributed by atoms with E-state index >= 15 is 0 Å². The lowest BCUT2D eigenvalue weighted by Gasteiger charge is -2.30. The molecule has 0 amide bonds. The summed E-state index contributed by atoms with van der Waals surface area (Å²) in [6.07, 6.45) is -3.52. The van der Waals surface area contributed by atoms with Crippen LogP contribution >= 0.6 is 0 Å². The molecule has 0 saturated heterocycles. The maximum atomic E-state index is 12.5. The van der Waals surface area contributed by atoms with Crippen molar-refractivity contribution in [1.29, 1.82) is 0 Å². The maximum absolute atomic E-state index is 12.5. The van der Waals surface area contributed by atoms with Crippen molar-refractivity contribution in [1.82, 2.24) is 5.32 Å². The van der Waals surface area contributed by atoms with E-state index in [1.165, 1.54) is 0 Å². The Balaban J connectivity index is 2.68. The van der Waals surface area contributed by atoms with Crippen LogP contribution in [0.4, 0.5) is 13.2 Å². The molecule has 0 aliphatic rings. The molecule has 0 aliphatic carbocycles. The Morgan fingerprint density at radius 1 is 0.900 bits per heavy atom. The van der Waals surface area contributed by atoms with E-state index in [2.05, 4.69) is 39.9 Å². The van der Waals surface area contributed by atoms with E-state index in [4.69, 9.17) is 0 Å². The summed E-state index contributed by atoms with van der Waals surface area (Å²) < 4.78 is 37.5. The third-order valence-electron chi connectivity index (χ3n) is 3.06. The van der Waals surface area contributed by atoms with Gasteiger partial charge in [0.2, 0.25) is 0 Å². The van der Waals surface area contributed by atoms with Crippen LogP contribution in [0, 0.1) is 5.41 Å². The van der Waals surface area contributed by atoms with Gasteiger partial charge in [0, 0.05) is 12.1 Å². The topological polar surface area (TPSA) is 12.0 Å². The van der Waals surface area contributed by atoms with Crippen molar-refractivity contribution in [2.45, 2.75) is 52.8 Å². The molecule has 0 aromatic heterocycles. The van der Waals surface area contributed by atoms with Crippen LogP contribution in [0.15, 0.2) is 24.3 Å². The molecule has 4 heteroatoms. The molecule has 20 heavy (non-hydrogen) atoms. The van der Waals surface area contributed by atoms with Gasteiger partial charge in [-0.1, -0.05) is 26.0 Å². The number of alkyl halides is 3. The first kappa shape index (κ1) is 17.0. The van der Waals surface area contributed by atoms with E-state index in [0.29, 0.717) is 0 Å². The van der Waals surface area contributed by atoms with Crippen molar-refractivity contribution >= 4 is 0 Å². The summed E-state index contributed by atoms with van der Waals surface area (Å²) in [6, 6.07) is 5.45. The molecule has 1 rings (SSSR count). The van der Waals surface area contributed by atoms with Gasteiger partial charge in [0.1, 0.15) is 0 Å². The van der Waals surface area contributed by atoms with Crippen LogP contribution in [0.5, 0.6) is 0 Å². The number of nitrogens with one attached hydrogen (secondary N) is 1. The molecule has 0 spiro atoms. The molecule has 0 unspecified atom stereocenters. The minimum atomic E-state index is -4.26. The third kappa shape index (κ3) is 5.95. The molecule has 0 atom stereocenters. The number of hydrogen-bond donors (Lipinski definition) is 1. The Morgan fingerprint density at radius 3 is 1.80 bits per heavy atom.